The third-order valence-electron chi connectivity index (χ3n) is 6.02. The minimum Gasteiger partial charge on any atom is -0.493 e. The molecular weight excluding hydrogens is 428 g/mol. The highest BCUT2D eigenvalue weighted by molar-refractivity contribution is 5.76. The molecule has 0 aromatic heterocycles. The Labute approximate surface area is 201 Å². The lowest BCUT2D eigenvalue weighted by Crippen LogP contribution is -2.40. The minimum atomic E-state index is -0.0322. The first-order chi connectivity index (χ1) is 16.7. The summed E-state index contributed by atoms with van der Waals surface area (Å²) in [5, 5.41) is 3.03. The maximum Gasteiger partial charge on any atom is 0.220 e. The normalized spacial score (nSPS) is 14.6. The number of fused-ring (bicyclic) bond motifs is 1. The van der Waals surface area contributed by atoms with Gasteiger partial charge in [-0.05, 0) is 48.2 Å². The zero-order valence-corrected chi connectivity index (χ0v) is 19.8. The average molecular weight is 461 g/mol. The second-order valence-corrected chi connectivity index (χ2v) is 8.40. The molecule has 3 aromatic carbocycles. The molecule has 1 heterocycles. The van der Waals surface area contributed by atoms with Crippen molar-refractivity contribution in [2.45, 2.75) is 31.9 Å². The summed E-state index contributed by atoms with van der Waals surface area (Å²) in [6, 6.07) is 24.4. The Kier molecular flexibility index (Phi) is 7.91. The van der Waals surface area contributed by atoms with E-state index >= 15 is 0 Å². The van der Waals surface area contributed by atoms with Crippen molar-refractivity contribution >= 4 is 11.6 Å². The van der Waals surface area contributed by atoms with Crippen LogP contribution in [-0.2, 0) is 17.8 Å². The Hall–Kier alpha value is -3.67. The lowest BCUT2D eigenvalue weighted by molar-refractivity contribution is -0.121. The number of para-hydroxylation sites is 2. The van der Waals surface area contributed by atoms with Crippen molar-refractivity contribution < 1.29 is 19.0 Å². The molecule has 1 N–H and O–H groups in total. The highest BCUT2D eigenvalue weighted by Crippen LogP contribution is 2.35. The molecule has 0 saturated carbocycles. The van der Waals surface area contributed by atoms with Crippen molar-refractivity contribution in [1.29, 1.82) is 0 Å². The fraction of sp³-hybridized carbons (Fsp3) is 0.321. The number of hydrogen-bond acceptors (Lipinski definition) is 5. The molecular formula is C28H32N2O4. The van der Waals surface area contributed by atoms with Crippen LogP contribution in [0.4, 0.5) is 5.69 Å². The largest absolute Gasteiger partial charge is 0.493 e. The standard InChI is InChI=1S/C28H32N2O4/c1-32-26-14-12-21(18-27(26)33-2)16-17-29-28(31)15-13-23-20-30(19-22-8-4-3-5-9-22)24-10-6-7-11-25(24)34-23/h3-12,14,18,23H,13,15-17,19-20H2,1-2H3,(H,29,31). The quantitative estimate of drug-likeness (QED) is 0.479. The molecule has 34 heavy (non-hydrogen) atoms. The van der Waals surface area contributed by atoms with E-state index in [4.69, 9.17) is 14.2 Å². The molecule has 4 rings (SSSR count). The molecule has 1 amide bonds. The van der Waals surface area contributed by atoms with E-state index in [1.165, 1.54) is 5.56 Å². The van der Waals surface area contributed by atoms with Crippen LogP contribution in [0.1, 0.15) is 24.0 Å². The Morgan fingerprint density at radius 2 is 1.74 bits per heavy atom. The van der Waals surface area contributed by atoms with Gasteiger partial charge in [-0.3, -0.25) is 4.79 Å². The number of ether oxygens (including phenoxy) is 3. The van der Waals surface area contributed by atoms with Crippen LogP contribution in [0.2, 0.25) is 0 Å². The van der Waals surface area contributed by atoms with Gasteiger partial charge in [-0.15, -0.1) is 0 Å². The summed E-state index contributed by atoms with van der Waals surface area (Å²) < 4.78 is 16.9. The molecule has 0 fully saturated rings. The summed E-state index contributed by atoms with van der Waals surface area (Å²) in [6.07, 6.45) is 1.79. The molecule has 178 valence electrons. The first kappa shape index (κ1) is 23.5. The smallest absolute Gasteiger partial charge is 0.220 e. The van der Waals surface area contributed by atoms with Crippen LogP contribution in [0.5, 0.6) is 17.2 Å². The third kappa shape index (κ3) is 6.01. The molecule has 0 bridgehead atoms. The van der Waals surface area contributed by atoms with Gasteiger partial charge in [0.2, 0.25) is 5.91 Å². The SMILES string of the molecule is COc1ccc(CCNC(=O)CCC2CN(Cc3ccccc3)c3ccccc3O2)cc1OC. The molecule has 1 aliphatic heterocycles. The van der Waals surface area contributed by atoms with E-state index < -0.39 is 0 Å². The van der Waals surface area contributed by atoms with Crippen LogP contribution in [0, 0.1) is 0 Å². The lowest BCUT2D eigenvalue weighted by atomic mass is 10.1. The van der Waals surface area contributed by atoms with Crippen LogP contribution in [0.3, 0.4) is 0 Å². The van der Waals surface area contributed by atoms with Gasteiger partial charge in [-0.1, -0.05) is 48.5 Å². The number of benzene rings is 3. The van der Waals surface area contributed by atoms with Crippen molar-refractivity contribution in [3.05, 3.63) is 83.9 Å². The van der Waals surface area contributed by atoms with E-state index in [9.17, 15) is 4.79 Å². The zero-order chi connectivity index (χ0) is 23.8. The average Bonchev–Trinajstić information content (AvgIpc) is 2.88. The first-order valence-corrected chi connectivity index (χ1v) is 11.7. The highest BCUT2D eigenvalue weighted by atomic mass is 16.5. The monoisotopic (exact) mass is 460 g/mol. The van der Waals surface area contributed by atoms with Crippen molar-refractivity contribution in [3.63, 3.8) is 0 Å². The number of carbonyl (C=O) groups excluding carboxylic acids is 1. The Morgan fingerprint density at radius 1 is 0.971 bits per heavy atom. The predicted octanol–water partition coefficient (Wildman–Crippen LogP) is 4.61. The summed E-state index contributed by atoms with van der Waals surface area (Å²) >= 11 is 0. The third-order valence-corrected chi connectivity index (χ3v) is 6.02. The van der Waals surface area contributed by atoms with E-state index in [0.29, 0.717) is 30.9 Å². The van der Waals surface area contributed by atoms with Crippen molar-refractivity contribution in [1.82, 2.24) is 5.32 Å². The topological polar surface area (TPSA) is 60.0 Å². The molecule has 0 spiro atoms. The van der Waals surface area contributed by atoms with Gasteiger partial charge in [-0.25, -0.2) is 0 Å². The van der Waals surface area contributed by atoms with Gasteiger partial charge in [0.25, 0.3) is 0 Å². The maximum atomic E-state index is 12.5. The minimum absolute atomic E-state index is 0.0322. The van der Waals surface area contributed by atoms with Gasteiger partial charge in [-0.2, -0.15) is 0 Å². The molecule has 6 nitrogen and oxygen atoms in total. The van der Waals surface area contributed by atoms with E-state index in [1.807, 2.05) is 42.5 Å². The number of nitrogens with one attached hydrogen (secondary N) is 1. The molecule has 3 aromatic rings. The molecule has 1 aliphatic rings. The van der Waals surface area contributed by atoms with Crippen LogP contribution >= 0.6 is 0 Å². The van der Waals surface area contributed by atoms with Crippen LogP contribution in [0.15, 0.2) is 72.8 Å². The summed E-state index contributed by atoms with van der Waals surface area (Å²) in [7, 11) is 3.24. The predicted molar refractivity (Wildman–Crippen MR) is 134 cm³/mol. The number of carbonyl (C=O) groups is 1. The second-order valence-electron chi connectivity index (χ2n) is 8.40. The number of nitrogens with zero attached hydrogens (tertiary/aromatic N) is 1. The van der Waals surface area contributed by atoms with Gasteiger partial charge in [0.1, 0.15) is 11.9 Å². The van der Waals surface area contributed by atoms with Gasteiger partial charge >= 0.3 is 0 Å². The lowest BCUT2D eigenvalue weighted by Gasteiger charge is -2.36. The van der Waals surface area contributed by atoms with Crippen molar-refractivity contribution in [2.24, 2.45) is 0 Å². The number of hydrogen-bond donors (Lipinski definition) is 1. The summed E-state index contributed by atoms with van der Waals surface area (Å²) in [5.74, 6) is 2.31. The van der Waals surface area contributed by atoms with Crippen LogP contribution < -0.4 is 24.4 Å². The van der Waals surface area contributed by atoms with E-state index in [0.717, 1.165) is 36.5 Å². The zero-order valence-electron chi connectivity index (χ0n) is 19.8. The van der Waals surface area contributed by atoms with E-state index in [-0.39, 0.29) is 12.0 Å². The summed E-state index contributed by atoms with van der Waals surface area (Å²) in [4.78, 5) is 14.8. The fourth-order valence-corrected chi connectivity index (χ4v) is 4.25. The van der Waals surface area contributed by atoms with E-state index in [1.54, 1.807) is 14.2 Å². The van der Waals surface area contributed by atoms with Crippen LogP contribution in [0.25, 0.3) is 0 Å². The maximum absolute atomic E-state index is 12.5. The second kappa shape index (κ2) is 11.5. The number of anilines is 1. The number of rotatable bonds is 10. The Bertz CT molecular complexity index is 1090. The van der Waals surface area contributed by atoms with Crippen molar-refractivity contribution in [2.75, 3.05) is 32.2 Å². The number of methoxy groups -OCH3 is 2. The molecule has 6 heteroatoms. The molecule has 0 radical (unpaired) electrons. The van der Waals surface area contributed by atoms with Crippen LogP contribution in [-0.4, -0.2) is 39.3 Å². The van der Waals surface area contributed by atoms with Gasteiger partial charge in [0.05, 0.1) is 26.5 Å². The Morgan fingerprint density at radius 3 is 2.53 bits per heavy atom. The molecule has 1 unspecified atom stereocenters. The van der Waals surface area contributed by atoms with Gasteiger partial charge < -0.3 is 24.4 Å². The summed E-state index contributed by atoms with van der Waals surface area (Å²) in [6.45, 7) is 2.14. The molecule has 1 atom stereocenters. The Balaban J connectivity index is 1.28. The highest BCUT2D eigenvalue weighted by Gasteiger charge is 2.26. The summed E-state index contributed by atoms with van der Waals surface area (Å²) in [5.41, 5.74) is 3.44. The van der Waals surface area contributed by atoms with Crippen molar-refractivity contribution in [3.8, 4) is 17.2 Å². The fourth-order valence-electron chi connectivity index (χ4n) is 4.25. The van der Waals surface area contributed by atoms with Gasteiger partial charge in [0.15, 0.2) is 11.5 Å². The molecule has 0 saturated heterocycles. The molecule has 0 aliphatic carbocycles. The van der Waals surface area contributed by atoms with Gasteiger partial charge in [0, 0.05) is 19.5 Å². The van der Waals surface area contributed by atoms with E-state index in [2.05, 4.69) is 40.5 Å². The first-order valence-electron chi connectivity index (χ1n) is 11.7. The number of amides is 1.